The van der Waals surface area contributed by atoms with Gasteiger partial charge in [0.1, 0.15) is 5.71 Å². The van der Waals surface area contributed by atoms with Crippen molar-refractivity contribution in [2.45, 2.75) is 38.8 Å². The molecule has 0 saturated heterocycles. The molecule has 1 aliphatic heterocycles. The molecule has 0 bridgehead atoms. The fourth-order valence-electron chi connectivity index (χ4n) is 2.24. The summed E-state index contributed by atoms with van der Waals surface area (Å²) in [5, 5.41) is 10.8. The maximum atomic E-state index is 11.2. The Balaban J connectivity index is 1.72. The van der Waals surface area contributed by atoms with E-state index < -0.39 is 11.6 Å². The second kappa shape index (κ2) is 5.93. The lowest BCUT2D eigenvalue weighted by Crippen LogP contribution is -2.40. The number of nitrogens with one attached hydrogen (secondary N) is 1. The number of hydrogen-bond acceptors (Lipinski definition) is 7. The van der Waals surface area contributed by atoms with Crippen LogP contribution in [0.2, 0.25) is 4.34 Å². The maximum absolute atomic E-state index is 11.2. The van der Waals surface area contributed by atoms with Crippen molar-refractivity contribution in [1.29, 1.82) is 0 Å². The van der Waals surface area contributed by atoms with Crippen molar-refractivity contribution in [1.82, 2.24) is 15.5 Å². The molecule has 1 aliphatic rings. The van der Waals surface area contributed by atoms with E-state index >= 15 is 0 Å². The highest BCUT2D eigenvalue weighted by molar-refractivity contribution is 7.18. The fraction of sp³-hybridized carbons (Fsp3) is 0.429. The highest BCUT2D eigenvalue weighted by Crippen LogP contribution is 2.32. The van der Waals surface area contributed by atoms with E-state index in [2.05, 4.69) is 20.6 Å². The number of thiophene rings is 1. The van der Waals surface area contributed by atoms with Gasteiger partial charge in [0.05, 0.1) is 14.8 Å². The number of hydrogen-bond donors (Lipinski definition) is 1. The van der Waals surface area contributed by atoms with Crippen LogP contribution in [0, 0.1) is 0 Å². The van der Waals surface area contributed by atoms with Crippen LogP contribution in [-0.2, 0) is 15.2 Å². The van der Waals surface area contributed by atoms with Gasteiger partial charge in [-0.2, -0.15) is 4.98 Å². The van der Waals surface area contributed by atoms with Crippen molar-refractivity contribution < 1.29 is 14.2 Å². The summed E-state index contributed by atoms with van der Waals surface area (Å²) in [6, 6.07) is 3.72. The smallest absolute Gasteiger partial charge is 0.271 e. The number of aromatic nitrogens is 2. The Bertz CT molecular complexity index is 768. The van der Waals surface area contributed by atoms with Gasteiger partial charge in [-0.05, 0) is 26.0 Å². The standard InChI is InChI=1S/C14H15ClN4O3S/c1-7(20)17-14(2,3)13-16-12(22-19-13)9-6-8(18-21-9)10-4-5-11(15)23-10/h4-5,9H,6H2,1-3H3,(H,17,20)/t9-/m1/s1. The SMILES string of the molecule is CC(=O)NC(C)(C)c1noc([C@H]2CC(c3ccc(Cl)s3)=NO2)n1. The summed E-state index contributed by atoms with van der Waals surface area (Å²) in [7, 11) is 0. The highest BCUT2D eigenvalue weighted by Gasteiger charge is 2.33. The predicted octanol–water partition coefficient (Wildman–Crippen LogP) is 3.02. The van der Waals surface area contributed by atoms with Gasteiger partial charge < -0.3 is 14.7 Å². The average molecular weight is 355 g/mol. The van der Waals surface area contributed by atoms with Gasteiger partial charge in [-0.15, -0.1) is 11.3 Å². The van der Waals surface area contributed by atoms with Gasteiger partial charge in [0.2, 0.25) is 12.0 Å². The third-order valence-electron chi connectivity index (χ3n) is 3.29. The van der Waals surface area contributed by atoms with Crippen LogP contribution in [0.5, 0.6) is 0 Å². The molecule has 2 aromatic rings. The van der Waals surface area contributed by atoms with E-state index in [-0.39, 0.29) is 5.91 Å². The molecule has 1 amide bonds. The van der Waals surface area contributed by atoms with E-state index in [0.717, 1.165) is 10.6 Å². The fourth-order valence-corrected chi connectivity index (χ4v) is 3.27. The number of nitrogens with zero attached hydrogens (tertiary/aromatic N) is 3. The molecule has 1 N–H and O–H groups in total. The van der Waals surface area contributed by atoms with Crippen LogP contribution in [0.4, 0.5) is 0 Å². The Kier molecular flexibility index (Phi) is 4.11. The summed E-state index contributed by atoms with van der Waals surface area (Å²) in [5.74, 6) is 0.553. The molecule has 7 nitrogen and oxygen atoms in total. The second-order valence-electron chi connectivity index (χ2n) is 5.70. The van der Waals surface area contributed by atoms with E-state index in [4.69, 9.17) is 21.0 Å². The number of carbonyl (C=O) groups is 1. The zero-order chi connectivity index (χ0) is 16.6. The number of oxime groups is 1. The zero-order valence-corrected chi connectivity index (χ0v) is 14.4. The van der Waals surface area contributed by atoms with Gasteiger partial charge in [0.15, 0.2) is 5.82 Å². The molecule has 1 atom stereocenters. The minimum Gasteiger partial charge on any atom is -0.382 e. The average Bonchev–Trinajstić information content (AvgIpc) is 3.16. The molecule has 0 fully saturated rings. The van der Waals surface area contributed by atoms with Crippen LogP contribution in [0.15, 0.2) is 21.8 Å². The summed E-state index contributed by atoms with van der Waals surface area (Å²) in [6.07, 6.45) is 0.0965. The van der Waals surface area contributed by atoms with Crippen LogP contribution in [0.25, 0.3) is 0 Å². The van der Waals surface area contributed by atoms with E-state index in [1.165, 1.54) is 18.3 Å². The molecule has 9 heteroatoms. The lowest BCUT2D eigenvalue weighted by Gasteiger charge is -2.20. The molecule has 3 rings (SSSR count). The first-order valence-electron chi connectivity index (χ1n) is 6.96. The van der Waals surface area contributed by atoms with Gasteiger partial charge in [-0.25, -0.2) is 0 Å². The van der Waals surface area contributed by atoms with Crippen LogP contribution < -0.4 is 5.32 Å². The second-order valence-corrected chi connectivity index (χ2v) is 7.42. The molecule has 0 aliphatic carbocycles. The molecular weight excluding hydrogens is 340 g/mol. The Morgan fingerprint density at radius 2 is 2.26 bits per heavy atom. The van der Waals surface area contributed by atoms with Gasteiger partial charge in [0, 0.05) is 13.3 Å². The van der Waals surface area contributed by atoms with E-state index in [1.54, 1.807) is 13.8 Å². The quantitative estimate of drug-likeness (QED) is 0.911. The Labute approximate surface area is 141 Å². The van der Waals surface area contributed by atoms with E-state index in [0.29, 0.717) is 22.5 Å². The topological polar surface area (TPSA) is 89.6 Å². The lowest BCUT2D eigenvalue weighted by molar-refractivity contribution is -0.120. The van der Waals surface area contributed by atoms with Crippen molar-refractivity contribution in [2.24, 2.45) is 5.16 Å². The predicted molar refractivity (Wildman–Crippen MR) is 85.4 cm³/mol. The van der Waals surface area contributed by atoms with E-state index in [9.17, 15) is 4.79 Å². The normalized spacial score (nSPS) is 17.7. The summed E-state index contributed by atoms with van der Waals surface area (Å²) in [5.41, 5.74) is 0.0738. The monoisotopic (exact) mass is 354 g/mol. The van der Waals surface area contributed by atoms with Crippen LogP contribution in [0.1, 0.15) is 49.9 Å². The third kappa shape index (κ3) is 3.37. The minimum absolute atomic E-state index is 0.168. The molecular formula is C14H15ClN4O3S. The molecule has 23 heavy (non-hydrogen) atoms. The Hall–Kier alpha value is -1.93. The Morgan fingerprint density at radius 1 is 1.48 bits per heavy atom. The number of amides is 1. The lowest BCUT2D eigenvalue weighted by atomic mass is 10.1. The Morgan fingerprint density at radius 3 is 2.91 bits per heavy atom. The van der Waals surface area contributed by atoms with E-state index in [1.807, 2.05) is 12.1 Å². The van der Waals surface area contributed by atoms with Crippen LogP contribution in [-0.4, -0.2) is 21.8 Å². The first kappa shape index (κ1) is 15.9. The van der Waals surface area contributed by atoms with Crippen molar-refractivity contribution in [3.63, 3.8) is 0 Å². The molecule has 0 saturated carbocycles. The third-order valence-corrected chi connectivity index (χ3v) is 4.57. The molecule has 3 heterocycles. The molecule has 0 aromatic carbocycles. The summed E-state index contributed by atoms with van der Waals surface area (Å²) in [4.78, 5) is 21.9. The molecule has 0 unspecified atom stereocenters. The van der Waals surface area contributed by atoms with Crippen molar-refractivity contribution in [3.05, 3.63) is 33.1 Å². The molecule has 122 valence electrons. The van der Waals surface area contributed by atoms with Crippen LogP contribution in [0.3, 0.4) is 0 Å². The molecule has 0 spiro atoms. The first-order chi connectivity index (χ1) is 10.8. The van der Waals surface area contributed by atoms with Gasteiger partial charge in [0.25, 0.3) is 5.89 Å². The van der Waals surface area contributed by atoms with Crippen molar-refractivity contribution in [3.8, 4) is 0 Å². The highest BCUT2D eigenvalue weighted by atomic mass is 35.5. The number of carbonyl (C=O) groups excluding carboxylic acids is 1. The van der Waals surface area contributed by atoms with Gasteiger partial charge >= 0.3 is 0 Å². The van der Waals surface area contributed by atoms with Crippen molar-refractivity contribution in [2.75, 3.05) is 0 Å². The summed E-state index contributed by atoms with van der Waals surface area (Å²) < 4.78 is 5.97. The van der Waals surface area contributed by atoms with Gasteiger partial charge in [-0.3, -0.25) is 4.79 Å². The number of halogens is 1. The first-order valence-corrected chi connectivity index (χ1v) is 8.16. The minimum atomic E-state index is -0.725. The number of rotatable bonds is 4. The van der Waals surface area contributed by atoms with Crippen molar-refractivity contribution >= 4 is 34.6 Å². The summed E-state index contributed by atoms with van der Waals surface area (Å²) >= 11 is 7.37. The molecule has 2 aromatic heterocycles. The summed E-state index contributed by atoms with van der Waals surface area (Å²) in [6.45, 7) is 5.04. The molecule has 0 radical (unpaired) electrons. The van der Waals surface area contributed by atoms with Gasteiger partial charge in [-0.1, -0.05) is 21.9 Å². The maximum Gasteiger partial charge on any atom is 0.271 e. The van der Waals surface area contributed by atoms with Crippen LogP contribution >= 0.6 is 22.9 Å². The largest absolute Gasteiger partial charge is 0.382 e. The zero-order valence-electron chi connectivity index (χ0n) is 12.8.